The number of aromatic nitrogens is 1. The average Bonchev–Trinajstić information content (AvgIpc) is 2.69. The van der Waals surface area contributed by atoms with Crippen molar-refractivity contribution in [2.45, 2.75) is 48.9 Å². The Bertz CT molecular complexity index is 794. The van der Waals surface area contributed by atoms with E-state index in [1.165, 1.54) is 37.7 Å². The van der Waals surface area contributed by atoms with Crippen LogP contribution in [0, 0.1) is 23.7 Å². The largest absolute Gasteiger partial charge is 0.349 e. The summed E-state index contributed by atoms with van der Waals surface area (Å²) in [5.74, 6) is 4.14. The van der Waals surface area contributed by atoms with Gasteiger partial charge >= 0.3 is 0 Å². The van der Waals surface area contributed by atoms with Gasteiger partial charge in [0.2, 0.25) is 0 Å². The molecule has 140 valence electrons. The van der Waals surface area contributed by atoms with Crippen LogP contribution in [0.5, 0.6) is 0 Å². The number of pyridine rings is 1. The molecule has 1 aromatic heterocycles. The molecule has 0 aliphatic heterocycles. The Morgan fingerprint density at radius 1 is 0.963 bits per heavy atom. The lowest BCUT2D eigenvalue weighted by molar-refractivity contribution is -0.0120. The lowest BCUT2D eigenvalue weighted by Gasteiger charge is -2.54. The smallest absolute Gasteiger partial charge is 0.254 e. The van der Waals surface area contributed by atoms with E-state index in [0.717, 1.165) is 28.2 Å². The van der Waals surface area contributed by atoms with Crippen LogP contribution in [0.15, 0.2) is 53.7 Å². The van der Waals surface area contributed by atoms with Crippen LogP contribution in [0.3, 0.4) is 0 Å². The Labute approximate surface area is 165 Å². The maximum atomic E-state index is 13.1. The fourth-order valence-electron chi connectivity index (χ4n) is 5.79. The van der Waals surface area contributed by atoms with E-state index in [2.05, 4.69) is 22.4 Å². The second-order valence-electron chi connectivity index (χ2n) is 8.56. The van der Waals surface area contributed by atoms with Gasteiger partial charge in [-0.2, -0.15) is 0 Å². The van der Waals surface area contributed by atoms with Crippen molar-refractivity contribution >= 4 is 17.7 Å². The Kier molecular flexibility index (Phi) is 4.68. The minimum atomic E-state index is 0.0659. The van der Waals surface area contributed by atoms with Crippen LogP contribution in [-0.4, -0.2) is 16.9 Å². The summed E-state index contributed by atoms with van der Waals surface area (Å²) in [5.41, 5.74) is 1.98. The van der Waals surface area contributed by atoms with E-state index in [-0.39, 0.29) is 5.91 Å². The summed E-state index contributed by atoms with van der Waals surface area (Å²) >= 11 is 1.65. The number of nitrogens with zero attached hydrogens (tertiary/aromatic N) is 1. The SMILES string of the molecule is O=C(NC1C2CC3CC(C2)CC1C3)c1cccnc1SCc1ccccc1. The first-order chi connectivity index (χ1) is 13.3. The topological polar surface area (TPSA) is 42.0 Å². The molecule has 4 heteroatoms. The van der Waals surface area contributed by atoms with E-state index in [1.807, 2.05) is 30.3 Å². The zero-order chi connectivity index (χ0) is 18.2. The van der Waals surface area contributed by atoms with Gasteiger partial charge in [-0.1, -0.05) is 30.3 Å². The maximum Gasteiger partial charge on any atom is 0.254 e. The van der Waals surface area contributed by atoms with Crippen molar-refractivity contribution < 1.29 is 4.79 Å². The summed E-state index contributed by atoms with van der Waals surface area (Å²) in [7, 11) is 0. The molecule has 4 fully saturated rings. The third kappa shape index (κ3) is 3.52. The van der Waals surface area contributed by atoms with Gasteiger partial charge in [0.15, 0.2) is 0 Å². The molecule has 1 amide bonds. The predicted molar refractivity (Wildman–Crippen MR) is 109 cm³/mol. The van der Waals surface area contributed by atoms with Crippen molar-refractivity contribution in [2.75, 3.05) is 0 Å². The van der Waals surface area contributed by atoms with Crippen molar-refractivity contribution in [3.05, 3.63) is 59.8 Å². The van der Waals surface area contributed by atoms with E-state index in [9.17, 15) is 4.79 Å². The first-order valence-electron chi connectivity index (χ1n) is 10.2. The van der Waals surface area contributed by atoms with Crippen molar-refractivity contribution in [3.8, 4) is 0 Å². The highest BCUT2D eigenvalue weighted by atomic mass is 32.2. The number of rotatable bonds is 5. The zero-order valence-corrected chi connectivity index (χ0v) is 16.3. The highest BCUT2D eigenvalue weighted by molar-refractivity contribution is 7.98. The summed E-state index contributed by atoms with van der Waals surface area (Å²) in [4.78, 5) is 17.6. The molecule has 1 N–H and O–H groups in total. The molecule has 0 saturated heterocycles. The highest BCUT2D eigenvalue weighted by Crippen LogP contribution is 2.53. The first-order valence-corrected chi connectivity index (χ1v) is 11.2. The molecule has 2 aromatic rings. The molecule has 3 nitrogen and oxygen atoms in total. The molecular formula is C23H26N2OS. The van der Waals surface area contributed by atoms with Gasteiger partial charge in [-0.15, -0.1) is 11.8 Å². The van der Waals surface area contributed by atoms with Crippen molar-refractivity contribution in [3.63, 3.8) is 0 Å². The van der Waals surface area contributed by atoms with E-state index < -0.39 is 0 Å². The molecule has 27 heavy (non-hydrogen) atoms. The number of nitrogens with one attached hydrogen (secondary N) is 1. The van der Waals surface area contributed by atoms with Crippen LogP contribution in [0.2, 0.25) is 0 Å². The number of hydrogen-bond acceptors (Lipinski definition) is 3. The van der Waals surface area contributed by atoms with Gasteiger partial charge in [-0.05, 0) is 73.5 Å². The molecule has 0 spiro atoms. The van der Waals surface area contributed by atoms with Crippen molar-refractivity contribution in [1.29, 1.82) is 0 Å². The van der Waals surface area contributed by atoms with E-state index >= 15 is 0 Å². The number of carbonyl (C=O) groups excluding carboxylic acids is 1. The molecule has 0 atom stereocenters. The Morgan fingerprint density at radius 2 is 1.67 bits per heavy atom. The van der Waals surface area contributed by atoms with E-state index in [1.54, 1.807) is 18.0 Å². The minimum absolute atomic E-state index is 0.0659. The number of amides is 1. The van der Waals surface area contributed by atoms with Crippen molar-refractivity contribution in [1.82, 2.24) is 10.3 Å². The lowest BCUT2D eigenvalue weighted by Crippen LogP contribution is -2.55. The Balaban J connectivity index is 1.29. The maximum absolute atomic E-state index is 13.1. The number of hydrogen-bond donors (Lipinski definition) is 1. The van der Waals surface area contributed by atoms with Gasteiger partial charge in [0.05, 0.1) is 5.56 Å². The summed E-state index contributed by atoms with van der Waals surface area (Å²) in [6.45, 7) is 0. The molecule has 6 rings (SSSR count). The van der Waals surface area contributed by atoms with Gasteiger partial charge in [0.1, 0.15) is 5.03 Å². The zero-order valence-electron chi connectivity index (χ0n) is 15.5. The molecule has 4 aliphatic rings. The van der Waals surface area contributed by atoms with Gasteiger partial charge in [-0.3, -0.25) is 4.79 Å². The van der Waals surface area contributed by atoms with E-state index in [4.69, 9.17) is 0 Å². The van der Waals surface area contributed by atoms with Gasteiger partial charge in [-0.25, -0.2) is 4.98 Å². The molecule has 4 saturated carbocycles. The monoisotopic (exact) mass is 378 g/mol. The van der Waals surface area contributed by atoms with Gasteiger partial charge < -0.3 is 5.32 Å². The van der Waals surface area contributed by atoms with Crippen LogP contribution in [0.25, 0.3) is 0 Å². The fourth-order valence-corrected chi connectivity index (χ4v) is 6.74. The number of carbonyl (C=O) groups is 1. The lowest BCUT2D eigenvalue weighted by atomic mass is 9.54. The Morgan fingerprint density at radius 3 is 2.37 bits per heavy atom. The molecule has 4 aliphatic carbocycles. The quantitative estimate of drug-likeness (QED) is 0.750. The third-order valence-corrected chi connectivity index (χ3v) is 7.84. The van der Waals surface area contributed by atoms with Crippen molar-refractivity contribution in [2.24, 2.45) is 23.7 Å². The minimum Gasteiger partial charge on any atom is -0.349 e. The summed E-state index contributed by atoms with van der Waals surface area (Å²) in [6.07, 6.45) is 8.51. The Hall–Kier alpha value is -1.81. The van der Waals surface area contributed by atoms with Gasteiger partial charge in [0, 0.05) is 18.0 Å². The van der Waals surface area contributed by atoms with Crippen LogP contribution in [-0.2, 0) is 5.75 Å². The fraction of sp³-hybridized carbons (Fsp3) is 0.478. The molecular weight excluding hydrogens is 352 g/mol. The third-order valence-electron chi connectivity index (χ3n) is 6.76. The predicted octanol–water partition coefficient (Wildman–Crippen LogP) is 4.93. The van der Waals surface area contributed by atoms with Crippen LogP contribution >= 0.6 is 11.8 Å². The normalized spacial score (nSPS) is 31.0. The van der Waals surface area contributed by atoms with Crippen LogP contribution in [0.1, 0.15) is 48.0 Å². The summed E-state index contributed by atoms with van der Waals surface area (Å²) in [5, 5.41) is 4.26. The van der Waals surface area contributed by atoms with Crippen LogP contribution in [0.4, 0.5) is 0 Å². The summed E-state index contributed by atoms with van der Waals surface area (Å²) in [6, 6.07) is 14.5. The molecule has 4 bridgehead atoms. The second-order valence-corrected chi connectivity index (χ2v) is 9.52. The second kappa shape index (κ2) is 7.31. The van der Waals surface area contributed by atoms with Gasteiger partial charge in [0.25, 0.3) is 5.91 Å². The molecule has 1 heterocycles. The molecule has 0 unspecified atom stereocenters. The highest BCUT2D eigenvalue weighted by Gasteiger charge is 2.48. The molecule has 1 aromatic carbocycles. The summed E-state index contributed by atoms with van der Waals surface area (Å²) < 4.78 is 0. The standard InChI is InChI=1S/C23H26N2OS/c26-22(25-21-18-10-16-9-17(12-18)13-19(21)11-16)20-7-4-8-24-23(20)27-14-15-5-2-1-3-6-15/h1-8,16-19,21H,9-14H2,(H,25,26). The average molecular weight is 379 g/mol. The molecule has 0 radical (unpaired) electrons. The van der Waals surface area contributed by atoms with E-state index in [0.29, 0.717) is 17.9 Å². The first kappa shape index (κ1) is 17.3. The number of thioether (sulfide) groups is 1. The number of benzene rings is 1. The van der Waals surface area contributed by atoms with Crippen LogP contribution < -0.4 is 5.32 Å².